The summed E-state index contributed by atoms with van der Waals surface area (Å²) in [6.45, 7) is 5.53. The van der Waals surface area contributed by atoms with Gasteiger partial charge in [0, 0.05) is 43.4 Å². The first-order chi connectivity index (χ1) is 12.1. The second-order valence-electron chi connectivity index (χ2n) is 6.58. The molecule has 4 heterocycles. The largest absolute Gasteiger partial charge is 0.347 e. The van der Waals surface area contributed by atoms with Crippen LogP contribution in [0, 0.1) is 0 Å². The predicted molar refractivity (Wildman–Crippen MR) is 94.2 cm³/mol. The van der Waals surface area contributed by atoms with E-state index in [0.717, 1.165) is 17.9 Å². The molecular formula is C19H21N5O. The molecule has 0 saturated carbocycles. The SMILES string of the molecule is CC(C)n1cc(C(=O)N2CCn3cccc3[C@H]2c2ccccn2)cn1. The van der Waals surface area contributed by atoms with Gasteiger partial charge in [0.25, 0.3) is 5.91 Å². The zero-order chi connectivity index (χ0) is 17.4. The van der Waals surface area contributed by atoms with Gasteiger partial charge in [-0.15, -0.1) is 0 Å². The molecule has 4 rings (SSSR count). The van der Waals surface area contributed by atoms with E-state index in [2.05, 4.69) is 26.9 Å². The fourth-order valence-electron chi connectivity index (χ4n) is 3.35. The molecule has 6 heteroatoms. The van der Waals surface area contributed by atoms with Crippen molar-refractivity contribution in [1.82, 2.24) is 24.2 Å². The number of fused-ring (bicyclic) bond motifs is 1. The van der Waals surface area contributed by atoms with E-state index in [0.29, 0.717) is 12.1 Å². The Labute approximate surface area is 146 Å². The minimum atomic E-state index is -0.181. The van der Waals surface area contributed by atoms with Crippen LogP contribution in [0.1, 0.15) is 47.7 Å². The molecule has 1 aliphatic heterocycles. The summed E-state index contributed by atoms with van der Waals surface area (Å²) in [5.74, 6) is -0.00463. The summed E-state index contributed by atoms with van der Waals surface area (Å²) in [6.07, 6.45) is 7.32. The highest BCUT2D eigenvalue weighted by molar-refractivity contribution is 5.94. The first-order valence-electron chi connectivity index (χ1n) is 8.56. The highest BCUT2D eigenvalue weighted by Gasteiger charge is 2.33. The average Bonchev–Trinajstić information content (AvgIpc) is 3.30. The summed E-state index contributed by atoms with van der Waals surface area (Å²) < 4.78 is 4.01. The number of amides is 1. The molecule has 0 N–H and O–H groups in total. The van der Waals surface area contributed by atoms with Gasteiger partial charge in [-0.25, -0.2) is 0 Å². The lowest BCUT2D eigenvalue weighted by atomic mass is 10.0. The molecule has 6 nitrogen and oxygen atoms in total. The molecule has 0 bridgehead atoms. The van der Waals surface area contributed by atoms with Crippen LogP contribution in [0.3, 0.4) is 0 Å². The topological polar surface area (TPSA) is 56.0 Å². The average molecular weight is 335 g/mol. The quantitative estimate of drug-likeness (QED) is 0.739. The van der Waals surface area contributed by atoms with Crippen molar-refractivity contribution in [3.8, 4) is 0 Å². The molecule has 0 saturated heterocycles. The second-order valence-corrected chi connectivity index (χ2v) is 6.58. The molecule has 0 aromatic carbocycles. The zero-order valence-corrected chi connectivity index (χ0v) is 14.4. The van der Waals surface area contributed by atoms with Crippen LogP contribution in [0.2, 0.25) is 0 Å². The monoisotopic (exact) mass is 335 g/mol. The number of hydrogen-bond donors (Lipinski definition) is 0. The molecule has 0 radical (unpaired) electrons. The molecule has 1 aliphatic rings. The Balaban J connectivity index is 1.73. The van der Waals surface area contributed by atoms with Crippen LogP contribution in [-0.2, 0) is 6.54 Å². The Morgan fingerprint density at radius 2 is 2.08 bits per heavy atom. The number of pyridine rings is 1. The number of carbonyl (C=O) groups excluding carboxylic acids is 1. The van der Waals surface area contributed by atoms with Crippen molar-refractivity contribution in [2.24, 2.45) is 0 Å². The third-order valence-electron chi connectivity index (χ3n) is 4.64. The van der Waals surface area contributed by atoms with Gasteiger partial charge in [0.1, 0.15) is 6.04 Å². The van der Waals surface area contributed by atoms with Crippen molar-refractivity contribution in [1.29, 1.82) is 0 Å². The Hall–Kier alpha value is -2.89. The summed E-state index contributed by atoms with van der Waals surface area (Å²) in [5.41, 5.74) is 2.59. The molecule has 0 fully saturated rings. The van der Waals surface area contributed by atoms with Gasteiger partial charge < -0.3 is 9.47 Å². The smallest absolute Gasteiger partial charge is 0.257 e. The Bertz CT molecular complexity index is 880. The van der Waals surface area contributed by atoms with Crippen LogP contribution in [0.25, 0.3) is 0 Å². The number of nitrogens with zero attached hydrogens (tertiary/aromatic N) is 5. The molecule has 3 aromatic rings. The van der Waals surface area contributed by atoms with Gasteiger partial charge in [0.15, 0.2) is 0 Å². The molecule has 0 aliphatic carbocycles. The molecule has 25 heavy (non-hydrogen) atoms. The van der Waals surface area contributed by atoms with E-state index in [4.69, 9.17) is 0 Å². The number of carbonyl (C=O) groups is 1. The van der Waals surface area contributed by atoms with E-state index in [1.165, 1.54) is 0 Å². The molecular weight excluding hydrogens is 314 g/mol. The first kappa shape index (κ1) is 15.6. The number of aromatic nitrogens is 4. The van der Waals surface area contributed by atoms with Gasteiger partial charge in [0.05, 0.1) is 17.5 Å². The van der Waals surface area contributed by atoms with Crippen molar-refractivity contribution >= 4 is 5.91 Å². The highest BCUT2D eigenvalue weighted by atomic mass is 16.2. The van der Waals surface area contributed by atoms with Gasteiger partial charge >= 0.3 is 0 Å². The van der Waals surface area contributed by atoms with Crippen LogP contribution < -0.4 is 0 Å². The fourth-order valence-corrected chi connectivity index (χ4v) is 3.35. The third kappa shape index (κ3) is 2.73. The maximum Gasteiger partial charge on any atom is 0.257 e. The van der Waals surface area contributed by atoms with Crippen LogP contribution in [-0.4, -0.2) is 36.7 Å². The van der Waals surface area contributed by atoms with Crippen LogP contribution >= 0.6 is 0 Å². The summed E-state index contributed by atoms with van der Waals surface area (Å²) in [5, 5.41) is 4.31. The lowest BCUT2D eigenvalue weighted by molar-refractivity contribution is 0.0660. The molecule has 0 spiro atoms. The zero-order valence-electron chi connectivity index (χ0n) is 14.4. The maximum absolute atomic E-state index is 13.2. The van der Waals surface area contributed by atoms with Crippen molar-refractivity contribution in [2.45, 2.75) is 32.5 Å². The molecule has 1 amide bonds. The summed E-state index contributed by atoms with van der Waals surface area (Å²) in [4.78, 5) is 19.6. The lowest BCUT2D eigenvalue weighted by Gasteiger charge is -2.36. The van der Waals surface area contributed by atoms with E-state index in [9.17, 15) is 4.79 Å². The Morgan fingerprint density at radius 1 is 1.20 bits per heavy atom. The minimum Gasteiger partial charge on any atom is -0.347 e. The second kappa shape index (κ2) is 6.20. The Kier molecular flexibility index (Phi) is 3.87. The third-order valence-corrected chi connectivity index (χ3v) is 4.64. The first-order valence-corrected chi connectivity index (χ1v) is 8.56. The maximum atomic E-state index is 13.2. The van der Waals surface area contributed by atoms with Crippen LogP contribution in [0.4, 0.5) is 0 Å². The van der Waals surface area contributed by atoms with Crippen molar-refractivity contribution < 1.29 is 4.79 Å². The minimum absolute atomic E-state index is 0.00463. The number of rotatable bonds is 3. The van der Waals surface area contributed by atoms with Gasteiger partial charge in [-0.1, -0.05) is 6.07 Å². The summed E-state index contributed by atoms with van der Waals surface area (Å²) in [7, 11) is 0. The van der Waals surface area contributed by atoms with E-state index >= 15 is 0 Å². The van der Waals surface area contributed by atoms with Gasteiger partial charge in [-0.3, -0.25) is 14.5 Å². The standard InChI is InChI=1S/C19H21N5O/c1-14(2)24-13-15(12-21-24)19(25)23-11-10-22-9-5-7-17(22)18(23)16-6-3-4-8-20-16/h3-9,12-14,18H,10-11H2,1-2H3/t18-/m1/s1. The fraction of sp³-hybridized carbons (Fsp3) is 0.316. The van der Waals surface area contributed by atoms with Crippen molar-refractivity contribution in [2.75, 3.05) is 6.54 Å². The van der Waals surface area contributed by atoms with Gasteiger partial charge in [-0.05, 0) is 38.1 Å². The van der Waals surface area contributed by atoms with Crippen LogP contribution in [0.15, 0.2) is 55.1 Å². The van der Waals surface area contributed by atoms with Crippen molar-refractivity contribution in [3.63, 3.8) is 0 Å². The van der Waals surface area contributed by atoms with E-state index < -0.39 is 0 Å². The van der Waals surface area contributed by atoms with Crippen molar-refractivity contribution in [3.05, 3.63) is 72.1 Å². The van der Waals surface area contributed by atoms with Gasteiger partial charge in [-0.2, -0.15) is 5.10 Å². The Morgan fingerprint density at radius 3 is 2.80 bits per heavy atom. The molecule has 128 valence electrons. The normalized spacial score (nSPS) is 16.9. The number of hydrogen-bond acceptors (Lipinski definition) is 3. The van der Waals surface area contributed by atoms with E-state index in [1.807, 2.05) is 53.9 Å². The molecule has 0 unspecified atom stereocenters. The van der Waals surface area contributed by atoms with E-state index in [-0.39, 0.29) is 18.0 Å². The molecule has 3 aromatic heterocycles. The summed E-state index contributed by atoms with van der Waals surface area (Å²) in [6, 6.07) is 9.97. The van der Waals surface area contributed by atoms with Gasteiger partial charge in [0.2, 0.25) is 0 Å². The van der Waals surface area contributed by atoms with E-state index in [1.54, 1.807) is 12.4 Å². The van der Waals surface area contributed by atoms with Crippen LogP contribution in [0.5, 0.6) is 0 Å². The predicted octanol–water partition coefficient (Wildman–Crippen LogP) is 2.91. The lowest BCUT2D eigenvalue weighted by Crippen LogP contribution is -2.42. The highest BCUT2D eigenvalue weighted by Crippen LogP contribution is 2.32. The molecule has 1 atom stereocenters. The summed E-state index contributed by atoms with van der Waals surface area (Å²) >= 11 is 0.